The van der Waals surface area contributed by atoms with E-state index in [4.69, 9.17) is 11.5 Å². The Hall–Kier alpha value is -1.71. The Morgan fingerprint density at radius 3 is 2.56 bits per heavy atom. The third-order valence-corrected chi connectivity index (χ3v) is 2.87. The Morgan fingerprint density at radius 1 is 1.22 bits per heavy atom. The van der Waals surface area contributed by atoms with Gasteiger partial charge >= 0.3 is 0 Å². The van der Waals surface area contributed by atoms with Crippen molar-refractivity contribution in [3.8, 4) is 0 Å². The molecule has 0 atom stereocenters. The normalized spacial score (nSPS) is 10.3. The minimum Gasteiger partial charge on any atom is -0.397 e. The molecule has 4 nitrogen and oxygen atoms in total. The highest BCUT2D eigenvalue weighted by molar-refractivity contribution is 5.73. The molecule has 4 heteroatoms. The SMILES string of the molecule is CCCN(CCCCC(N)=O)c1ccccc1N. The number of unbranched alkanes of at least 4 members (excludes halogenated alkanes) is 1. The zero-order valence-corrected chi connectivity index (χ0v) is 11.1. The molecule has 0 unspecified atom stereocenters. The Kier molecular flexibility index (Phi) is 6.05. The number of primary amides is 1. The van der Waals surface area contributed by atoms with Crippen molar-refractivity contribution in [2.75, 3.05) is 23.7 Å². The molecule has 1 rings (SSSR count). The average molecular weight is 249 g/mol. The Balaban J connectivity index is 2.54. The minimum absolute atomic E-state index is 0.226. The van der Waals surface area contributed by atoms with Crippen LogP contribution in [0, 0.1) is 0 Å². The highest BCUT2D eigenvalue weighted by Crippen LogP contribution is 2.23. The first kappa shape index (κ1) is 14.4. The second-order valence-corrected chi connectivity index (χ2v) is 4.47. The maximum absolute atomic E-state index is 10.7. The minimum atomic E-state index is -0.226. The van der Waals surface area contributed by atoms with E-state index in [9.17, 15) is 4.79 Å². The monoisotopic (exact) mass is 249 g/mol. The first-order valence-corrected chi connectivity index (χ1v) is 6.53. The van der Waals surface area contributed by atoms with Crippen molar-refractivity contribution in [3.05, 3.63) is 24.3 Å². The van der Waals surface area contributed by atoms with Crippen molar-refractivity contribution in [1.29, 1.82) is 0 Å². The van der Waals surface area contributed by atoms with Gasteiger partial charge in [-0.3, -0.25) is 4.79 Å². The number of carbonyl (C=O) groups is 1. The van der Waals surface area contributed by atoms with Gasteiger partial charge in [-0.25, -0.2) is 0 Å². The van der Waals surface area contributed by atoms with E-state index in [-0.39, 0.29) is 5.91 Å². The number of nitrogens with zero attached hydrogens (tertiary/aromatic N) is 1. The summed E-state index contributed by atoms with van der Waals surface area (Å²) in [6, 6.07) is 7.90. The van der Waals surface area contributed by atoms with Crippen LogP contribution >= 0.6 is 0 Å². The van der Waals surface area contributed by atoms with Gasteiger partial charge in [-0.2, -0.15) is 0 Å². The van der Waals surface area contributed by atoms with Crippen molar-refractivity contribution in [2.24, 2.45) is 5.73 Å². The molecular formula is C14H23N3O. The fourth-order valence-electron chi connectivity index (χ4n) is 2.00. The van der Waals surface area contributed by atoms with Crippen molar-refractivity contribution in [3.63, 3.8) is 0 Å². The lowest BCUT2D eigenvalue weighted by Gasteiger charge is -2.25. The first-order chi connectivity index (χ1) is 8.65. The number of nitrogen functional groups attached to an aromatic ring is 1. The van der Waals surface area contributed by atoms with Crippen LogP contribution in [0.1, 0.15) is 32.6 Å². The van der Waals surface area contributed by atoms with E-state index in [1.54, 1.807) is 0 Å². The molecule has 0 heterocycles. The maximum atomic E-state index is 10.7. The molecule has 0 radical (unpaired) electrons. The third-order valence-electron chi connectivity index (χ3n) is 2.87. The number of hydrogen-bond acceptors (Lipinski definition) is 3. The first-order valence-electron chi connectivity index (χ1n) is 6.53. The number of hydrogen-bond donors (Lipinski definition) is 2. The summed E-state index contributed by atoms with van der Waals surface area (Å²) in [7, 11) is 0. The molecule has 0 saturated heterocycles. The van der Waals surface area contributed by atoms with Crippen LogP contribution in [0.15, 0.2) is 24.3 Å². The molecule has 0 spiro atoms. The van der Waals surface area contributed by atoms with E-state index < -0.39 is 0 Å². The van der Waals surface area contributed by atoms with Crippen LogP contribution in [0.5, 0.6) is 0 Å². The highest BCUT2D eigenvalue weighted by atomic mass is 16.1. The van der Waals surface area contributed by atoms with Gasteiger partial charge in [0.25, 0.3) is 0 Å². The van der Waals surface area contributed by atoms with Crippen molar-refractivity contribution < 1.29 is 4.79 Å². The van der Waals surface area contributed by atoms with E-state index in [0.29, 0.717) is 6.42 Å². The van der Waals surface area contributed by atoms with E-state index in [1.807, 2.05) is 24.3 Å². The molecule has 0 saturated carbocycles. The number of amides is 1. The van der Waals surface area contributed by atoms with Crippen LogP contribution in [-0.2, 0) is 4.79 Å². The molecule has 18 heavy (non-hydrogen) atoms. The Bertz CT molecular complexity index is 379. The topological polar surface area (TPSA) is 72.3 Å². The van der Waals surface area contributed by atoms with Gasteiger partial charge in [-0.15, -0.1) is 0 Å². The molecule has 4 N–H and O–H groups in total. The fourth-order valence-corrected chi connectivity index (χ4v) is 2.00. The molecule has 100 valence electrons. The van der Waals surface area contributed by atoms with Gasteiger partial charge in [0.2, 0.25) is 5.91 Å². The van der Waals surface area contributed by atoms with Gasteiger partial charge in [0, 0.05) is 19.5 Å². The highest BCUT2D eigenvalue weighted by Gasteiger charge is 2.08. The lowest BCUT2D eigenvalue weighted by atomic mass is 10.2. The number of benzene rings is 1. The van der Waals surface area contributed by atoms with Gasteiger partial charge in [0.1, 0.15) is 0 Å². The van der Waals surface area contributed by atoms with E-state index >= 15 is 0 Å². The molecule has 0 aliphatic rings. The van der Waals surface area contributed by atoms with Crippen LogP contribution in [0.3, 0.4) is 0 Å². The summed E-state index contributed by atoms with van der Waals surface area (Å²) in [6.07, 6.45) is 3.33. The lowest BCUT2D eigenvalue weighted by molar-refractivity contribution is -0.118. The number of rotatable bonds is 8. The third kappa shape index (κ3) is 4.65. The van der Waals surface area contributed by atoms with Crippen molar-refractivity contribution in [2.45, 2.75) is 32.6 Å². The summed E-state index contributed by atoms with van der Waals surface area (Å²) in [5, 5.41) is 0. The van der Waals surface area contributed by atoms with Crippen LogP contribution in [-0.4, -0.2) is 19.0 Å². The predicted molar refractivity (Wildman–Crippen MR) is 76.4 cm³/mol. The summed E-state index contributed by atoms with van der Waals surface area (Å²) < 4.78 is 0. The molecule has 0 aromatic heterocycles. The van der Waals surface area contributed by atoms with Gasteiger partial charge < -0.3 is 16.4 Å². The molecule has 1 aromatic rings. The van der Waals surface area contributed by atoms with Crippen LogP contribution in [0.4, 0.5) is 11.4 Å². The molecule has 0 aliphatic heterocycles. The van der Waals surface area contributed by atoms with Crippen LogP contribution in [0.2, 0.25) is 0 Å². The summed E-state index contributed by atoms with van der Waals surface area (Å²) in [5.41, 5.74) is 13.0. The molecule has 0 bridgehead atoms. The van der Waals surface area contributed by atoms with Gasteiger partial charge in [0.05, 0.1) is 11.4 Å². The summed E-state index contributed by atoms with van der Waals surface area (Å²) in [5.74, 6) is -0.226. The van der Waals surface area contributed by atoms with Crippen LogP contribution in [0.25, 0.3) is 0 Å². The molecular weight excluding hydrogens is 226 g/mol. The number of anilines is 2. The van der Waals surface area contributed by atoms with Crippen molar-refractivity contribution in [1.82, 2.24) is 0 Å². The summed E-state index contributed by atoms with van der Waals surface area (Å²) in [4.78, 5) is 13.0. The van der Waals surface area contributed by atoms with E-state index in [0.717, 1.165) is 43.7 Å². The number of para-hydroxylation sites is 2. The summed E-state index contributed by atoms with van der Waals surface area (Å²) in [6.45, 7) is 4.04. The Morgan fingerprint density at radius 2 is 1.94 bits per heavy atom. The maximum Gasteiger partial charge on any atom is 0.217 e. The Labute approximate surface area is 109 Å². The second kappa shape index (κ2) is 7.58. The number of carbonyl (C=O) groups excluding carboxylic acids is 1. The fraction of sp³-hybridized carbons (Fsp3) is 0.500. The van der Waals surface area contributed by atoms with Gasteiger partial charge in [-0.1, -0.05) is 19.1 Å². The zero-order valence-electron chi connectivity index (χ0n) is 11.1. The molecule has 0 fully saturated rings. The van der Waals surface area contributed by atoms with E-state index in [2.05, 4.69) is 11.8 Å². The molecule has 1 amide bonds. The summed E-state index contributed by atoms with van der Waals surface area (Å²) >= 11 is 0. The molecule has 1 aromatic carbocycles. The molecule has 0 aliphatic carbocycles. The van der Waals surface area contributed by atoms with Crippen molar-refractivity contribution >= 4 is 17.3 Å². The largest absolute Gasteiger partial charge is 0.397 e. The quantitative estimate of drug-likeness (QED) is 0.547. The van der Waals surface area contributed by atoms with Crippen LogP contribution < -0.4 is 16.4 Å². The smallest absolute Gasteiger partial charge is 0.217 e. The van der Waals surface area contributed by atoms with E-state index in [1.165, 1.54) is 0 Å². The number of nitrogens with two attached hydrogens (primary N) is 2. The van der Waals surface area contributed by atoms with Gasteiger partial charge in [0.15, 0.2) is 0 Å². The standard InChI is InChI=1S/C14H23N3O/c1-2-10-17(11-6-5-9-14(16)18)13-8-4-3-7-12(13)15/h3-4,7-8H,2,5-6,9-11,15H2,1H3,(H2,16,18). The lowest BCUT2D eigenvalue weighted by Crippen LogP contribution is -2.26. The predicted octanol–water partition coefficient (Wildman–Crippen LogP) is 2.14. The van der Waals surface area contributed by atoms with Gasteiger partial charge in [-0.05, 0) is 31.4 Å². The average Bonchev–Trinajstić information content (AvgIpc) is 2.34. The second-order valence-electron chi connectivity index (χ2n) is 4.47. The zero-order chi connectivity index (χ0) is 13.4.